The molecule has 0 saturated heterocycles. The van der Waals surface area contributed by atoms with Gasteiger partial charge in [0.15, 0.2) is 6.17 Å². The zero-order valence-corrected chi connectivity index (χ0v) is 34.2. The van der Waals surface area contributed by atoms with Crippen LogP contribution in [0.15, 0.2) is 237 Å². The van der Waals surface area contributed by atoms with Gasteiger partial charge in [-0.25, -0.2) is 0 Å². The van der Waals surface area contributed by atoms with E-state index in [0.29, 0.717) is 0 Å². The molecule has 12 rings (SSSR count). The number of nitrogens with one attached hydrogen (secondary N) is 1. The van der Waals surface area contributed by atoms with E-state index in [2.05, 4.69) is 252 Å². The fourth-order valence-electron chi connectivity index (χ4n) is 10.5. The van der Waals surface area contributed by atoms with Crippen molar-refractivity contribution in [2.45, 2.75) is 17.6 Å². The molecule has 0 aromatic heterocycles. The zero-order valence-electron chi connectivity index (χ0n) is 34.2. The van der Waals surface area contributed by atoms with E-state index in [-0.39, 0.29) is 12.2 Å². The molecule has 2 atom stereocenters. The largest absolute Gasteiger partial charge is 0.332 e. The van der Waals surface area contributed by atoms with Gasteiger partial charge in [0.1, 0.15) is 6.04 Å². The van der Waals surface area contributed by atoms with Crippen LogP contribution in [-0.4, -0.2) is 0 Å². The number of fused-ring (bicyclic) bond motifs is 9. The summed E-state index contributed by atoms with van der Waals surface area (Å²) >= 11 is 0. The minimum absolute atomic E-state index is 0.0606. The molecule has 1 aliphatic carbocycles. The highest BCUT2D eigenvalue weighted by Crippen LogP contribution is 2.63. The minimum Gasteiger partial charge on any atom is -0.332 e. The Morgan fingerprint density at radius 3 is 1.63 bits per heavy atom. The van der Waals surface area contributed by atoms with Gasteiger partial charge in [0.05, 0.1) is 16.8 Å². The summed E-state index contributed by atoms with van der Waals surface area (Å²) in [5.74, 6) is 0. The predicted molar refractivity (Wildman–Crippen MR) is 254 cm³/mol. The summed E-state index contributed by atoms with van der Waals surface area (Å²) in [6.07, 6.45) is 2.46. The fourth-order valence-corrected chi connectivity index (χ4v) is 10.5. The van der Waals surface area contributed by atoms with Crippen molar-refractivity contribution in [3.8, 4) is 33.4 Å². The van der Waals surface area contributed by atoms with Gasteiger partial charge in [-0.15, -0.1) is 0 Å². The van der Waals surface area contributed by atoms with Crippen molar-refractivity contribution >= 4 is 22.8 Å². The number of nitrogens with two attached hydrogens (primary N) is 1. The maximum Gasteiger partial charge on any atom is 0.186 e. The Labute approximate surface area is 363 Å². The Morgan fingerprint density at radius 2 is 0.903 bits per heavy atom. The van der Waals surface area contributed by atoms with Crippen molar-refractivity contribution in [2.75, 3.05) is 4.90 Å². The van der Waals surface area contributed by atoms with Gasteiger partial charge in [-0.05, 0) is 97.6 Å². The fraction of sp³-hybridized carbons (Fsp3) is 0.0508. The number of nitrogens with zero attached hydrogens (tertiary/aromatic N) is 1. The smallest absolute Gasteiger partial charge is 0.186 e. The maximum atomic E-state index is 3.89. The summed E-state index contributed by atoms with van der Waals surface area (Å²) in [5, 5.41) is 6.34. The molecular formula is C59H44N3+. The third-order valence-electron chi connectivity index (χ3n) is 13.3. The molecule has 0 radical (unpaired) electrons. The second-order valence-electron chi connectivity index (χ2n) is 16.7. The van der Waals surface area contributed by atoms with Gasteiger partial charge in [0.2, 0.25) is 0 Å². The average molecular weight is 795 g/mol. The molecule has 0 saturated carbocycles. The first kappa shape index (κ1) is 36.2. The number of para-hydroxylation sites is 3. The van der Waals surface area contributed by atoms with E-state index in [1.54, 1.807) is 0 Å². The van der Waals surface area contributed by atoms with E-state index in [4.69, 9.17) is 0 Å². The SMILES string of the molecule is C1=C(c2ccc(-c3ccccc3)cc2)NC(c2ccccc2)[NH2+]C1c1cccc(-c2ccc3c(c2)-c2ccccc2C32c3ccccc3N(c3ccccc3)c3ccccc32)c1. The lowest BCUT2D eigenvalue weighted by Gasteiger charge is -2.45. The first-order valence-electron chi connectivity index (χ1n) is 21.7. The molecule has 9 aromatic rings. The minimum atomic E-state index is -0.470. The van der Waals surface area contributed by atoms with Crippen molar-refractivity contribution in [2.24, 2.45) is 0 Å². The van der Waals surface area contributed by atoms with Crippen LogP contribution < -0.4 is 15.5 Å². The van der Waals surface area contributed by atoms with Crippen LogP contribution in [0.4, 0.5) is 17.1 Å². The van der Waals surface area contributed by atoms with Gasteiger partial charge in [-0.2, -0.15) is 0 Å². The van der Waals surface area contributed by atoms with E-state index in [9.17, 15) is 0 Å². The molecule has 3 nitrogen and oxygen atoms in total. The Morgan fingerprint density at radius 1 is 0.387 bits per heavy atom. The highest BCUT2D eigenvalue weighted by molar-refractivity contribution is 5.96. The van der Waals surface area contributed by atoms with Crippen LogP contribution in [0.5, 0.6) is 0 Å². The molecule has 2 unspecified atom stereocenters. The van der Waals surface area contributed by atoms with Crippen molar-refractivity contribution in [1.82, 2.24) is 5.32 Å². The van der Waals surface area contributed by atoms with Crippen LogP contribution in [0.1, 0.15) is 51.2 Å². The number of hydrogen-bond acceptors (Lipinski definition) is 2. The molecule has 0 bridgehead atoms. The van der Waals surface area contributed by atoms with Crippen LogP contribution in [0.3, 0.4) is 0 Å². The molecule has 3 N–H and O–H groups in total. The quantitative estimate of drug-likeness (QED) is 0.176. The second-order valence-corrected chi connectivity index (χ2v) is 16.7. The molecule has 3 heteroatoms. The van der Waals surface area contributed by atoms with Crippen LogP contribution in [0.25, 0.3) is 39.1 Å². The van der Waals surface area contributed by atoms with Gasteiger partial charge in [0, 0.05) is 28.6 Å². The monoisotopic (exact) mass is 794 g/mol. The Kier molecular flexibility index (Phi) is 8.62. The Balaban J connectivity index is 0.960. The predicted octanol–water partition coefficient (Wildman–Crippen LogP) is 13.1. The van der Waals surface area contributed by atoms with Crippen molar-refractivity contribution in [1.29, 1.82) is 0 Å². The third-order valence-corrected chi connectivity index (χ3v) is 13.3. The molecule has 1 spiro atoms. The third kappa shape index (κ3) is 5.78. The summed E-state index contributed by atoms with van der Waals surface area (Å²) in [6.45, 7) is 0. The van der Waals surface area contributed by atoms with Gasteiger partial charge >= 0.3 is 0 Å². The summed E-state index contributed by atoms with van der Waals surface area (Å²) in [4.78, 5) is 2.44. The van der Waals surface area contributed by atoms with Crippen LogP contribution in [-0.2, 0) is 5.41 Å². The second kappa shape index (κ2) is 14.8. The molecule has 62 heavy (non-hydrogen) atoms. The molecule has 0 fully saturated rings. The summed E-state index contributed by atoms with van der Waals surface area (Å²) in [6, 6.07) is 84.8. The molecule has 9 aromatic carbocycles. The highest BCUT2D eigenvalue weighted by atomic mass is 15.2. The van der Waals surface area contributed by atoms with E-state index in [1.165, 1.54) is 83.7 Å². The molecule has 0 amide bonds. The van der Waals surface area contributed by atoms with Crippen molar-refractivity contribution in [3.63, 3.8) is 0 Å². The molecule has 2 aliphatic heterocycles. The standard InChI is InChI=1S/C59H43N3/c1-4-17-40(18-5-1)41-31-33-42(34-32-41)54-39-55(61-58(60-54)43-19-6-2-7-20-43)46-22-16-21-44(37-46)45-35-36-51-49(38-45)48-25-10-11-26-50(48)59(51)52-27-12-14-29-56(52)62(47-23-8-3-9-24-47)57-30-15-13-28-53(57)59/h1-39,55,58,60-61H/p+1. The first-order chi connectivity index (χ1) is 30.7. The molecular weight excluding hydrogens is 751 g/mol. The maximum absolute atomic E-state index is 3.89. The van der Waals surface area contributed by atoms with Crippen LogP contribution in [0, 0.1) is 0 Å². The van der Waals surface area contributed by atoms with Gasteiger partial charge in [0.25, 0.3) is 0 Å². The topological polar surface area (TPSA) is 31.9 Å². The Hall–Kier alpha value is -7.72. The average Bonchev–Trinajstić information content (AvgIpc) is 3.65. The van der Waals surface area contributed by atoms with E-state index in [0.717, 1.165) is 11.4 Å². The lowest BCUT2D eigenvalue weighted by atomic mass is 9.64. The van der Waals surface area contributed by atoms with Gasteiger partial charge in [-0.3, -0.25) is 0 Å². The number of anilines is 3. The number of rotatable bonds is 6. The van der Waals surface area contributed by atoms with Gasteiger partial charge in [-0.1, -0.05) is 194 Å². The zero-order chi connectivity index (χ0) is 41.0. The summed E-state index contributed by atoms with van der Waals surface area (Å²) in [7, 11) is 0. The number of quaternary nitrogens is 1. The highest BCUT2D eigenvalue weighted by Gasteiger charge is 2.51. The van der Waals surface area contributed by atoms with E-state index in [1.807, 2.05) is 0 Å². The lowest BCUT2D eigenvalue weighted by molar-refractivity contribution is -0.731. The lowest BCUT2D eigenvalue weighted by Crippen LogP contribution is -2.89. The number of hydrogen-bond donors (Lipinski definition) is 2. The molecule has 294 valence electrons. The number of benzene rings is 9. The summed E-state index contributed by atoms with van der Waals surface area (Å²) in [5.41, 5.74) is 20.7. The molecule has 3 aliphatic rings. The van der Waals surface area contributed by atoms with Gasteiger partial charge < -0.3 is 15.5 Å². The van der Waals surface area contributed by atoms with Crippen molar-refractivity contribution < 1.29 is 5.32 Å². The first-order valence-corrected chi connectivity index (χ1v) is 21.7. The van der Waals surface area contributed by atoms with Crippen LogP contribution in [0.2, 0.25) is 0 Å². The van der Waals surface area contributed by atoms with Crippen molar-refractivity contribution in [3.05, 3.63) is 276 Å². The normalized spacial score (nSPS) is 16.6. The van der Waals surface area contributed by atoms with E-state index < -0.39 is 5.41 Å². The Bertz CT molecular complexity index is 3090. The van der Waals surface area contributed by atoms with E-state index >= 15 is 0 Å². The summed E-state index contributed by atoms with van der Waals surface area (Å²) < 4.78 is 0. The molecule has 2 heterocycles. The van der Waals surface area contributed by atoms with Crippen LogP contribution >= 0.6 is 0 Å².